The van der Waals surface area contributed by atoms with E-state index in [0.29, 0.717) is 46.2 Å². The summed E-state index contributed by atoms with van der Waals surface area (Å²) in [5, 5.41) is 3.23. The minimum absolute atomic E-state index is 0.224. The number of carbonyl (C=O) groups is 3. The fraction of sp³-hybridized carbons (Fsp3) is 0.522. The lowest BCUT2D eigenvalue weighted by Gasteiger charge is -2.37. The van der Waals surface area contributed by atoms with Crippen molar-refractivity contribution in [3.05, 3.63) is 46.2 Å². The molecule has 7 nitrogen and oxygen atoms in total. The fourth-order valence-electron chi connectivity index (χ4n) is 4.26. The molecule has 0 saturated heterocycles. The number of thioether (sulfide) groups is 1. The van der Waals surface area contributed by atoms with Gasteiger partial charge in [-0.2, -0.15) is 11.8 Å². The van der Waals surface area contributed by atoms with Crippen LogP contribution in [0, 0.1) is 18.8 Å². The van der Waals surface area contributed by atoms with Crippen LogP contribution >= 0.6 is 11.8 Å². The minimum atomic E-state index is -0.916. The molecule has 1 aliphatic carbocycles. The summed E-state index contributed by atoms with van der Waals surface area (Å²) < 4.78 is 16.3. The molecule has 0 fully saturated rings. The van der Waals surface area contributed by atoms with Gasteiger partial charge in [0, 0.05) is 22.7 Å². The molecule has 0 saturated carbocycles. The molecular formula is C23H29NO6S. The van der Waals surface area contributed by atoms with E-state index in [0.717, 1.165) is 5.75 Å². The fourth-order valence-corrected chi connectivity index (χ4v) is 4.75. The predicted octanol–water partition coefficient (Wildman–Crippen LogP) is 3.50. The number of hydrogen-bond donors (Lipinski definition) is 1. The maximum absolute atomic E-state index is 13.5. The number of furan rings is 1. The van der Waals surface area contributed by atoms with Crippen molar-refractivity contribution < 1.29 is 28.3 Å². The van der Waals surface area contributed by atoms with E-state index in [-0.39, 0.29) is 18.3 Å². The van der Waals surface area contributed by atoms with E-state index in [1.54, 1.807) is 37.7 Å². The summed E-state index contributed by atoms with van der Waals surface area (Å²) in [5.74, 6) is -0.491. The lowest BCUT2D eigenvalue weighted by Crippen LogP contribution is -2.43. The topological polar surface area (TPSA) is 94.8 Å². The van der Waals surface area contributed by atoms with Crippen molar-refractivity contribution in [3.8, 4) is 0 Å². The quantitative estimate of drug-likeness (QED) is 0.386. The smallest absolute Gasteiger partial charge is 0.336 e. The number of allylic oxidation sites excluding steroid dienone is 3. The van der Waals surface area contributed by atoms with Gasteiger partial charge < -0.3 is 19.2 Å². The number of hydrogen-bond acceptors (Lipinski definition) is 8. The molecule has 1 aliphatic heterocycles. The first-order valence-corrected chi connectivity index (χ1v) is 11.6. The van der Waals surface area contributed by atoms with E-state index in [9.17, 15) is 14.4 Å². The third-order valence-corrected chi connectivity index (χ3v) is 6.54. The van der Waals surface area contributed by atoms with Crippen LogP contribution in [-0.4, -0.2) is 42.9 Å². The molecule has 2 aliphatic rings. The second-order valence-corrected chi connectivity index (χ2v) is 9.21. The van der Waals surface area contributed by atoms with Gasteiger partial charge >= 0.3 is 11.9 Å². The zero-order chi connectivity index (χ0) is 22.7. The summed E-state index contributed by atoms with van der Waals surface area (Å²) in [5.41, 5.74) is 2.05. The third-order valence-electron chi connectivity index (χ3n) is 5.67. The average Bonchev–Trinajstić information content (AvgIpc) is 3.15. The summed E-state index contributed by atoms with van der Waals surface area (Å²) in [6, 6.07) is 3.56. The molecule has 0 amide bonds. The highest BCUT2D eigenvalue weighted by atomic mass is 32.2. The zero-order valence-corrected chi connectivity index (χ0v) is 19.4. The second-order valence-electron chi connectivity index (χ2n) is 7.82. The predicted molar refractivity (Wildman–Crippen MR) is 117 cm³/mol. The van der Waals surface area contributed by atoms with E-state index in [4.69, 9.17) is 13.9 Å². The highest BCUT2D eigenvalue weighted by Gasteiger charge is 2.48. The van der Waals surface area contributed by atoms with Crippen LogP contribution < -0.4 is 5.32 Å². The molecule has 168 valence electrons. The molecule has 0 radical (unpaired) electrons. The summed E-state index contributed by atoms with van der Waals surface area (Å²) >= 11 is 1.68. The Morgan fingerprint density at radius 1 is 1.29 bits per heavy atom. The van der Waals surface area contributed by atoms with Crippen molar-refractivity contribution in [2.24, 2.45) is 11.8 Å². The first-order chi connectivity index (χ1) is 14.8. The SMILES string of the molecule is CCSCCOC(=O)C1=C(C)NC2=C(C(=O)[C@H](C(=O)OC)[C@@H](C)C2)[C@H]1c1ccc(C)o1. The number of carbonyl (C=O) groups excluding carboxylic acids is 3. The van der Waals surface area contributed by atoms with Gasteiger partial charge in [-0.25, -0.2) is 4.79 Å². The van der Waals surface area contributed by atoms with E-state index < -0.39 is 23.8 Å². The van der Waals surface area contributed by atoms with Crippen LogP contribution in [-0.2, 0) is 23.9 Å². The van der Waals surface area contributed by atoms with Gasteiger partial charge in [-0.15, -0.1) is 0 Å². The largest absolute Gasteiger partial charge is 0.468 e. The zero-order valence-electron chi connectivity index (χ0n) is 18.6. The highest BCUT2D eigenvalue weighted by Crippen LogP contribution is 2.45. The van der Waals surface area contributed by atoms with Crippen molar-refractivity contribution in [1.29, 1.82) is 0 Å². The Bertz CT molecular complexity index is 944. The second kappa shape index (κ2) is 9.77. The molecule has 8 heteroatoms. The van der Waals surface area contributed by atoms with Crippen molar-refractivity contribution in [3.63, 3.8) is 0 Å². The third kappa shape index (κ3) is 4.59. The molecule has 31 heavy (non-hydrogen) atoms. The van der Waals surface area contributed by atoms with Gasteiger partial charge in [-0.1, -0.05) is 13.8 Å². The Labute approximate surface area is 186 Å². The average molecular weight is 448 g/mol. The van der Waals surface area contributed by atoms with Crippen LogP contribution in [0.5, 0.6) is 0 Å². The van der Waals surface area contributed by atoms with Crippen molar-refractivity contribution >= 4 is 29.5 Å². The molecule has 1 aromatic rings. The number of rotatable bonds is 7. The van der Waals surface area contributed by atoms with Crippen LogP contribution in [0.15, 0.2) is 39.1 Å². The Morgan fingerprint density at radius 2 is 2.03 bits per heavy atom. The molecule has 0 unspecified atom stereocenters. The summed E-state index contributed by atoms with van der Waals surface area (Å²) in [4.78, 5) is 39.0. The van der Waals surface area contributed by atoms with Crippen LogP contribution in [0.3, 0.4) is 0 Å². The number of dihydropyridines is 1. The number of methoxy groups -OCH3 is 1. The van der Waals surface area contributed by atoms with E-state index in [2.05, 4.69) is 5.32 Å². The van der Waals surface area contributed by atoms with E-state index in [1.807, 2.05) is 13.8 Å². The molecule has 1 aromatic heterocycles. The maximum atomic E-state index is 13.5. The number of aryl methyl sites for hydroxylation is 1. The van der Waals surface area contributed by atoms with Crippen molar-refractivity contribution in [2.45, 2.75) is 40.0 Å². The van der Waals surface area contributed by atoms with Crippen LogP contribution in [0.25, 0.3) is 0 Å². The van der Waals surface area contributed by atoms with Gasteiger partial charge in [0.1, 0.15) is 24.0 Å². The van der Waals surface area contributed by atoms with Gasteiger partial charge in [0.2, 0.25) is 0 Å². The molecular weight excluding hydrogens is 418 g/mol. The Kier molecular flexibility index (Phi) is 7.30. The number of nitrogens with one attached hydrogen (secondary N) is 1. The molecule has 3 rings (SSSR count). The molecule has 0 aromatic carbocycles. The lowest BCUT2D eigenvalue weighted by atomic mass is 9.70. The first kappa shape index (κ1) is 23.2. The Balaban J connectivity index is 2.03. The van der Waals surface area contributed by atoms with E-state index in [1.165, 1.54) is 7.11 Å². The van der Waals surface area contributed by atoms with Crippen LogP contribution in [0.4, 0.5) is 0 Å². The molecule has 0 spiro atoms. The Hall–Kier alpha value is -2.48. The summed E-state index contributed by atoms with van der Waals surface area (Å²) in [6.45, 7) is 7.77. The maximum Gasteiger partial charge on any atom is 0.336 e. The molecule has 0 bridgehead atoms. The summed E-state index contributed by atoms with van der Waals surface area (Å²) in [6.07, 6.45) is 0.490. The minimum Gasteiger partial charge on any atom is -0.468 e. The van der Waals surface area contributed by atoms with Crippen molar-refractivity contribution in [1.82, 2.24) is 5.32 Å². The van der Waals surface area contributed by atoms with Gasteiger partial charge in [0.15, 0.2) is 5.78 Å². The number of ketones is 1. The molecule has 3 atom stereocenters. The Morgan fingerprint density at radius 3 is 2.65 bits per heavy atom. The highest BCUT2D eigenvalue weighted by molar-refractivity contribution is 7.99. The lowest BCUT2D eigenvalue weighted by molar-refractivity contribution is -0.151. The van der Waals surface area contributed by atoms with Crippen LogP contribution in [0.1, 0.15) is 44.6 Å². The standard InChI is InChI=1S/C23H29NO6S/c1-6-31-10-9-29-23(27)18-14(4)24-15-11-12(2)17(22(26)28-5)21(25)19(15)20(18)16-8-7-13(3)30-16/h7-8,12,17,20,24H,6,9-11H2,1-5H3/t12-,17+,20-/m0/s1. The van der Waals surface area contributed by atoms with Gasteiger partial charge in [0.05, 0.1) is 18.6 Å². The molecule has 1 N–H and O–H groups in total. The van der Waals surface area contributed by atoms with Crippen molar-refractivity contribution in [2.75, 3.05) is 25.2 Å². The summed E-state index contributed by atoms with van der Waals surface area (Å²) in [7, 11) is 1.28. The van der Waals surface area contributed by atoms with Gasteiger partial charge in [0.25, 0.3) is 0 Å². The first-order valence-electron chi connectivity index (χ1n) is 10.4. The van der Waals surface area contributed by atoms with Crippen LogP contribution in [0.2, 0.25) is 0 Å². The normalized spacial score (nSPS) is 23.4. The number of Topliss-reactive ketones (excluding diaryl/α,β-unsaturated/α-hetero) is 1. The van der Waals surface area contributed by atoms with E-state index >= 15 is 0 Å². The number of esters is 2. The molecule has 2 heterocycles. The van der Waals surface area contributed by atoms with Gasteiger partial charge in [-0.05, 0) is 44.1 Å². The monoisotopic (exact) mass is 447 g/mol. The number of ether oxygens (including phenoxy) is 2. The van der Waals surface area contributed by atoms with Gasteiger partial charge in [-0.3, -0.25) is 9.59 Å².